The van der Waals surface area contributed by atoms with Crippen LogP contribution in [-0.4, -0.2) is 64.4 Å². The number of piperazine rings is 1. The number of aryl methyl sites for hydroxylation is 1. The summed E-state index contributed by atoms with van der Waals surface area (Å²) in [7, 11) is 0. The Morgan fingerprint density at radius 2 is 1.82 bits per heavy atom. The van der Waals surface area contributed by atoms with E-state index in [9.17, 15) is 9.59 Å². The van der Waals surface area contributed by atoms with Gasteiger partial charge in [0.15, 0.2) is 0 Å². The van der Waals surface area contributed by atoms with E-state index in [-0.39, 0.29) is 12.0 Å². The third-order valence-corrected chi connectivity index (χ3v) is 4.31. The summed E-state index contributed by atoms with van der Waals surface area (Å²) in [5.41, 5.74) is 1.18. The van der Waals surface area contributed by atoms with E-state index in [1.807, 2.05) is 38.1 Å². The number of anilines is 2. The molecule has 148 valence electrons. The van der Waals surface area contributed by atoms with Gasteiger partial charge in [-0.1, -0.05) is 0 Å². The molecular weight excluding hydrogens is 358 g/mol. The number of benzene rings is 1. The Balaban J connectivity index is 1.71. The van der Waals surface area contributed by atoms with Gasteiger partial charge in [0.2, 0.25) is 6.41 Å². The molecule has 1 aliphatic heterocycles. The van der Waals surface area contributed by atoms with Crippen molar-refractivity contribution in [3.05, 3.63) is 41.9 Å². The van der Waals surface area contributed by atoms with Crippen molar-refractivity contribution in [2.75, 3.05) is 31.5 Å². The number of hydrogen-bond acceptors (Lipinski definition) is 6. The van der Waals surface area contributed by atoms with Crippen molar-refractivity contribution in [3.8, 4) is 5.75 Å². The SMILES string of the molecule is Cc1nc(Nc2ccc(OC(C)C)cc2)cc(C(=O)N2CCN(C=O)CC2)n1. The molecule has 1 fully saturated rings. The van der Waals surface area contributed by atoms with Gasteiger partial charge in [-0.3, -0.25) is 9.59 Å². The Morgan fingerprint density at radius 1 is 1.14 bits per heavy atom. The summed E-state index contributed by atoms with van der Waals surface area (Å²) in [6.45, 7) is 7.79. The predicted octanol–water partition coefficient (Wildman–Crippen LogP) is 2.23. The summed E-state index contributed by atoms with van der Waals surface area (Å²) in [4.78, 5) is 35.7. The minimum atomic E-state index is -0.153. The van der Waals surface area contributed by atoms with Crippen LogP contribution < -0.4 is 10.1 Å². The third kappa shape index (κ3) is 4.97. The van der Waals surface area contributed by atoms with Gasteiger partial charge in [-0.25, -0.2) is 9.97 Å². The second kappa shape index (κ2) is 8.69. The lowest BCUT2D eigenvalue weighted by Gasteiger charge is -2.32. The van der Waals surface area contributed by atoms with Crippen LogP contribution in [0.15, 0.2) is 30.3 Å². The summed E-state index contributed by atoms with van der Waals surface area (Å²) in [6.07, 6.45) is 0.932. The largest absolute Gasteiger partial charge is 0.491 e. The van der Waals surface area contributed by atoms with Crippen LogP contribution in [0.1, 0.15) is 30.2 Å². The smallest absolute Gasteiger partial charge is 0.272 e. The van der Waals surface area contributed by atoms with Crippen LogP contribution >= 0.6 is 0 Å². The lowest BCUT2D eigenvalue weighted by atomic mass is 10.2. The average Bonchev–Trinajstić information content (AvgIpc) is 2.68. The fourth-order valence-electron chi connectivity index (χ4n) is 2.97. The van der Waals surface area contributed by atoms with Gasteiger partial charge in [0.25, 0.3) is 5.91 Å². The summed E-state index contributed by atoms with van der Waals surface area (Å²) < 4.78 is 5.64. The van der Waals surface area contributed by atoms with Gasteiger partial charge in [-0.15, -0.1) is 0 Å². The van der Waals surface area contributed by atoms with Crippen molar-refractivity contribution in [1.82, 2.24) is 19.8 Å². The van der Waals surface area contributed by atoms with E-state index in [1.54, 1.807) is 22.8 Å². The van der Waals surface area contributed by atoms with Crippen LogP contribution in [0.25, 0.3) is 0 Å². The summed E-state index contributed by atoms with van der Waals surface area (Å²) in [6, 6.07) is 9.22. The summed E-state index contributed by atoms with van der Waals surface area (Å²) in [5, 5.41) is 3.21. The van der Waals surface area contributed by atoms with Crippen molar-refractivity contribution in [3.63, 3.8) is 0 Å². The fourth-order valence-corrected chi connectivity index (χ4v) is 2.97. The lowest BCUT2D eigenvalue weighted by Crippen LogP contribution is -2.48. The number of carbonyl (C=O) groups excluding carboxylic acids is 2. The van der Waals surface area contributed by atoms with Gasteiger partial charge in [-0.05, 0) is 45.0 Å². The maximum Gasteiger partial charge on any atom is 0.272 e. The molecule has 1 saturated heterocycles. The Morgan fingerprint density at radius 3 is 2.43 bits per heavy atom. The van der Waals surface area contributed by atoms with Crippen LogP contribution in [-0.2, 0) is 4.79 Å². The molecule has 0 aliphatic carbocycles. The topological polar surface area (TPSA) is 87.7 Å². The van der Waals surface area contributed by atoms with E-state index in [2.05, 4.69) is 15.3 Å². The van der Waals surface area contributed by atoms with E-state index in [1.165, 1.54) is 0 Å². The van der Waals surface area contributed by atoms with Gasteiger partial charge in [0.1, 0.15) is 23.1 Å². The van der Waals surface area contributed by atoms with Crippen molar-refractivity contribution in [1.29, 1.82) is 0 Å². The second-order valence-electron chi connectivity index (χ2n) is 6.94. The van der Waals surface area contributed by atoms with Gasteiger partial charge in [-0.2, -0.15) is 0 Å². The molecule has 0 atom stereocenters. The maximum absolute atomic E-state index is 12.8. The molecular formula is C20H25N5O3. The third-order valence-electron chi connectivity index (χ3n) is 4.31. The minimum absolute atomic E-state index is 0.116. The van der Waals surface area contributed by atoms with Crippen molar-refractivity contribution in [2.24, 2.45) is 0 Å². The lowest BCUT2D eigenvalue weighted by molar-refractivity contribution is -0.119. The molecule has 1 aliphatic rings. The number of amides is 2. The second-order valence-corrected chi connectivity index (χ2v) is 6.94. The Hall–Kier alpha value is -3.16. The molecule has 8 heteroatoms. The van der Waals surface area contributed by atoms with E-state index in [4.69, 9.17) is 4.74 Å². The first kappa shape index (κ1) is 19.6. The van der Waals surface area contributed by atoms with Gasteiger partial charge >= 0.3 is 0 Å². The number of nitrogens with one attached hydrogen (secondary N) is 1. The monoisotopic (exact) mass is 383 g/mol. The highest BCUT2D eigenvalue weighted by Crippen LogP contribution is 2.21. The highest BCUT2D eigenvalue weighted by Gasteiger charge is 2.23. The number of aromatic nitrogens is 2. The zero-order valence-corrected chi connectivity index (χ0v) is 16.4. The zero-order chi connectivity index (χ0) is 20.1. The molecule has 2 aromatic rings. The van der Waals surface area contributed by atoms with Crippen molar-refractivity contribution in [2.45, 2.75) is 26.9 Å². The molecule has 0 spiro atoms. The number of ether oxygens (including phenoxy) is 1. The molecule has 1 N–H and O–H groups in total. The average molecular weight is 383 g/mol. The van der Waals surface area contributed by atoms with Gasteiger partial charge < -0.3 is 19.9 Å². The minimum Gasteiger partial charge on any atom is -0.491 e. The molecule has 3 rings (SSSR count). The van der Waals surface area contributed by atoms with Crippen LogP contribution in [0.4, 0.5) is 11.5 Å². The molecule has 8 nitrogen and oxygen atoms in total. The van der Waals surface area contributed by atoms with E-state index < -0.39 is 0 Å². The molecule has 0 saturated carbocycles. The Bertz CT molecular complexity index is 830. The maximum atomic E-state index is 12.8. The van der Waals surface area contributed by atoms with Crippen LogP contribution in [0.2, 0.25) is 0 Å². The van der Waals surface area contributed by atoms with E-state index in [0.29, 0.717) is 43.5 Å². The van der Waals surface area contributed by atoms with Crippen LogP contribution in [0, 0.1) is 6.92 Å². The zero-order valence-electron chi connectivity index (χ0n) is 16.4. The quantitative estimate of drug-likeness (QED) is 0.770. The molecule has 2 heterocycles. The first-order chi connectivity index (χ1) is 13.4. The highest BCUT2D eigenvalue weighted by atomic mass is 16.5. The van der Waals surface area contributed by atoms with Crippen molar-refractivity contribution >= 4 is 23.8 Å². The predicted molar refractivity (Wildman–Crippen MR) is 106 cm³/mol. The molecule has 1 aromatic carbocycles. The summed E-state index contributed by atoms with van der Waals surface area (Å²) >= 11 is 0. The molecule has 0 radical (unpaired) electrons. The molecule has 0 unspecified atom stereocenters. The number of carbonyl (C=O) groups is 2. The molecule has 0 bridgehead atoms. The molecule has 28 heavy (non-hydrogen) atoms. The first-order valence-electron chi connectivity index (χ1n) is 9.32. The fraction of sp³-hybridized carbons (Fsp3) is 0.400. The van der Waals surface area contributed by atoms with Crippen LogP contribution in [0.5, 0.6) is 5.75 Å². The summed E-state index contributed by atoms with van der Waals surface area (Å²) in [5.74, 6) is 1.71. The normalized spacial score (nSPS) is 14.1. The van der Waals surface area contributed by atoms with E-state index >= 15 is 0 Å². The number of rotatable bonds is 6. The van der Waals surface area contributed by atoms with Crippen LogP contribution in [0.3, 0.4) is 0 Å². The van der Waals surface area contributed by atoms with Crippen molar-refractivity contribution < 1.29 is 14.3 Å². The molecule has 1 aromatic heterocycles. The Kier molecular flexibility index (Phi) is 6.08. The highest BCUT2D eigenvalue weighted by molar-refractivity contribution is 5.93. The number of hydrogen-bond donors (Lipinski definition) is 1. The number of nitrogens with zero attached hydrogens (tertiary/aromatic N) is 4. The first-order valence-corrected chi connectivity index (χ1v) is 9.32. The van der Waals surface area contributed by atoms with E-state index in [0.717, 1.165) is 17.8 Å². The Labute approximate surface area is 164 Å². The standard InChI is InChI=1S/C20H25N5O3/c1-14(2)28-17-6-4-16(5-7-17)23-19-12-18(21-15(3)22-19)20(27)25-10-8-24(13-26)9-11-25/h4-7,12-14H,8-11H2,1-3H3,(H,21,22,23). The van der Waals surface area contributed by atoms with Gasteiger partial charge in [0.05, 0.1) is 6.10 Å². The van der Waals surface area contributed by atoms with Gasteiger partial charge in [0, 0.05) is 37.9 Å². The molecule has 2 amide bonds.